The molecule has 3 rings (SSSR count). The van der Waals surface area contributed by atoms with E-state index in [4.69, 9.17) is 4.74 Å². The lowest BCUT2D eigenvalue weighted by Crippen LogP contribution is -2.23. The summed E-state index contributed by atoms with van der Waals surface area (Å²) >= 11 is 0. The lowest BCUT2D eigenvalue weighted by atomic mass is 10.0. The van der Waals surface area contributed by atoms with Gasteiger partial charge in [-0.3, -0.25) is 9.88 Å². The summed E-state index contributed by atoms with van der Waals surface area (Å²) in [6.07, 6.45) is 4.32. The molecule has 1 aromatic carbocycles. The first-order valence-electron chi connectivity index (χ1n) is 8.19. The van der Waals surface area contributed by atoms with Crippen LogP contribution in [0, 0.1) is 12.8 Å². The number of aliphatic hydroxyl groups is 1. The number of aryl methyl sites for hydroxylation is 1. The van der Waals surface area contributed by atoms with Crippen molar-refractivity contribution >= 4 is 0 Å². The van der Waals surface area contributed by atoms with Gasteiger partial charge in [-0.25, -0.2) is 0 Å². The molecule has 1 N–H and O–H groups in total. The van der Waals surface area contributed by atoms with Crippen molar-refractivity contribution in [3.05, 3.63) is 53.9 Å². The Balaban J connectivity index is 1.63. The number of nitrogens with zero attached hydrogens (tertiary/aromatic N) is 2. The third-order valence-corrected chi connectivity index (χ3v) is 4.50. The normalized spacial score (nSPS) is 19.7. The zero-order valence-electron chi connectivity index (χ0n) is 13.8. The highest BCUT2D eigenvalue weighted by Gasteiger charge is 2.25. The Hall–Kier alpha value is -1.91. The van der Waals surface area contributed by atoms with Crippen molar-refractivity contribution in [3.8, 4) is 11.5 Å². The van der Waals surface area contributed by atoms with Crippen molar-refractivity contribution in [2.45, 2.75) is 32.9 Å². The molecule has 1 fully saturated rings. The molecule has 0 saturated carbocycles. The zero-order valence-corrected chi connectivity index (χ0v) is 13.8. The molecule has 1 aromatic heterocycles. The summed E-state index contributed by atoms with van der Waals surface area (Å²) < 4.78 is 5.87. The molecule has 0 amide bonds. The molecule has 0 aliphatic carbocycles. The molecule has 1 saturated heterocycles. The van der Waals surface area contributed by atoms with Crippen LogP contribution in [0.2, 0.25) is 0 Å². The van der Waals surface area contributed by atoms with E-state index in [0.717, 1.165) is 43.1 Å². The fraction of sp³-hybridized carbons (Fsp3) is 0.421. The first-order valence-corrected chi connectivity index (χ1v) is 8.19. The average Bonchev–Trinajstić information content (AvgIpc) is 3.00. The maximum atomic E-state index is 9.71. The fourth-order valence-corrected chi connectivity index (χ4v) is 3.12. The summed E-state index contributed by atoms with van der Waals surface area (Å²) in [5, 5.41) is 9.71. The maximum absolute atomic E-state index is 9.71. The van der Waals surface area contributed by atoms with Gasteiger partial charge in [0.15, 0.2) is 0 Å². The van der Waals surface area contributed by atoms with Gasteiger partial charge in [-0.2, -0.15) is 0 Å². The predicted molar refractivity (Wildman–Crippen MR) is 90.6 cm³/mol. The van der Waals surface area contributed by atoms with Crippen LogP contribution in [0.25, 0.3) is 0 Å². The molecule has 2 atom stereocenters. The third-order valence-electron chi connectivity index (χ3n) is 4.50. The molecule has 2 heterocycles. The van der Waals surface area contributed by atoms with Crippen LogP contribution in [0.3, 0.4) is 0 Å². The summed E-state index contributed by atoms with van der Waals surface area (Å²) in [4.78, 5) is 6.48. The van der Waals surface area contributed by atoms with E-state index in [1.54, 1.807) is 12.4 Å². The molecule has 2 aromatic rings. The highest BCUT2D eigenvalue weighted by atomic mass is 16.5. The topological polar surface area (TPSA) is 45.6 Å². The van der Waals surface area contributed by atoms with Gasteiger partial charge in [-0.1, -0.05) is 12.1 Å². The monoisotopic (exact) mass is 312 g/mol. The quantitative estimate of drug-likeness (QED) is 0.919. The number of aliphatic hydroxyl groups excluding tert-OH is 1. The summed E-state index contributed by atoms with van der Waals surface area (Å²) in [6, 6.07) is 10.1. The summed E-state index contributed by atoms with van der Waals surface area (Å²) in [6.45, 7) is 6.92. The van der Waals surface area contributed by atoms with Crippen LogP contribution in [0.5, 0.6) is 11.5 Å². The van der Waals surface area contributed by atoms with Crippen molar-refractivity contribution in [2.75, 3.05) is 13.1 Å². The average molecular weight is 312 g/mol. The van der Waals surface area contributed by atoms with Crippen molar-refractivity contribution < 1.29 is 9.84 Å². The van der Waals surface area contributed by atoms with E-state index in [-0.39, 0.29) is 6.10 Å². The standard InChI is InChI=1S/C19H24N2O2/c1-14-10-16(12-21-9-7-17(13-21)15(2)22)5-6-19(14)23-18-4-3-8-20-11-18/h3-6,8,10-11,15,17,22H,7,9,12-13H2,1-2H3. The van der Waals surface area contributed by atoms with Gasteiger partial charge < -0.3 is 9.84 Å². The number of hydrogen-bond donors (Lipinski definition) is 1. The van der Waals surface area contributed by atoms with Gasteiger partial charge >= 0.3 is 0 Å². The lowest BCUT2D eigenvalue weighted by molar-refractivity contribution is 0.127. The molecule has 0 spiro atoms. The summed E-state index contributed by atoms with van der Waals surface area (Å²) in [5.74, 6) is 2.02. The van der Waals surface area contributed by atoms with Crippen LogP contribution in [0.4, 0.5) is 0 Å². The number of likely N-dealkylation sites (tertiary alicyclic amines) is 1. The Labute approximate surface area is 137 Å². The predicted octanol–water partition coefficient (Wildman–Crippen LogP) is 3.39. The van der Waals surface area contributed by atoms with E-state index in [0.29, 0.717) is 5.92 Å². The SMILES string of the molecule is Cc1cc(CN2CCC(C(C)O)C2)ccc1Oc1cccnc1. The van der Waals surface area contributed by atoms with Crippen molar-refractivity contribution in [1.82, 2.24) is 9.88 Å². The molecular formula is C19H24N2O2. The Morgan fingerprint density at radius 1 is 1.39 bits per heavy atom. The van der Waals surface area contributed by atoms with Crippen LogP contribution >= 0.6 is 0 Å². The second-order valence-electron chi connectivity index (χ2n) is 6.42. The smallest absolute Gasteiger partial charge is 0.145 e. The minimum Gasteiger partial charge on any atom is -0.455 e. The van der Waals surface area contributed by atoms with Crippen LogP contribution in [0.15, 0.2) is 42.7 Å². The van der Waals surface area contributed by atoms with Gasteiger partial charge in [-0.15, -0.1) is 0 Å². The highest BCUT2D eigenvalue weighted by molar-refractivity contribution is 5.39. The maximum Gasteiger partial charge on any atom is 0.145 e. The number of rotatable bonds is 5. The minimum atomic E-state index is -0.211. The highest BCUT2D eigenvalue weighted by Crippen LogP contribution is 2.27. The molecule has 4 heteroatoms. The van der Waals surface area contributed by atoms with Crippen molar-refractivity contribution in [3.63, 3.8) is 0 Å². The minimum absolute atomic E-state index is 0.211. The molecule has 1 aliphatic heterocycles. The van der Waals surface area contributed by atoms with E-state index in [1.807, 2.05) is 25.1 Å². The number of pyridine rings is 1. The molecule has 1 aliphatic rings. The molecule has 0 bridgehead atoms. The van der Waals surface area contributed by atoms with E-state index >= 15 is 0 Å². The molecule has 122 valence electrons. The Bertz CT molecular complexity index is 643. The first kappa shape index (κ1) is 16.0. The number of aromatic nitrogens is 1. The molecule has 4 nitrogen and oxygen atoms in total. The van der Waals surface area contributed by atoms with Gasteiger partial charge in [0.1, 0.15) is 11.5 Å². The summed E-state index contributed by atoms with van der Waals surface area (Å²) in [5.41, 5.74) is 2.41. The van der Waals surface area contributed by atoms with Crippen LogP contribution in [-0.2, 0) is 6.54 Å². The Morgan fingerprint density at radius 2 is 2.26 bits per heavy atom. The zero-order chi connectivity index (χ0) is 16.2. The van der Waals surface area contributed by atoms with Gasteiger partial charge in [-0.05, 0) is 62.1 Å². The third kappa shape index (κ3) is 4.09. The van der Waals surface area contributed by atoms with Gasteiger partial charge in [0, 0.05) is 19.3 Å². The molecule has 0 radical (unpaired) electrons. The number of benzene rings is 1. The van der Waals surface area contributed by atoms with E-state index in [1.165, 1.54) is 5.56 Å². The van der Waals surface area contributed by atoms with Crippen molar-refractivity contribution in [1.29, 1.82) is 0 Å². The van der Waals surface area contributed by atoms with Gasteiger partial charge in [0.05, 0.1) is 12.3 Å². The van der Waals surface area contributed by atoms with Crippen LogP contribution in [0.1, 0.15) is 24.5 Å². The first-order chi connectivity index (χ1) is 11.1. The largest absolute Gasteiger partial charge is 0.455 e. The van der Waals surface area contributed by atoms with E-state index in [9.17, 15) is 5.11 Å². The van der Waals surface area contributed by atoms with E-state index in [2.05, 4.69) is 28.9 Å². The second kappa shape index (κ2) is 7.11. The van der Waals surface area contributed by atoms with Crippen LogP contribution in [-0.4, -0.2) is 34.2 Å². The van der Waals surface area contributed by atoms with Gasteiger partial charge in [0.2, 0.25) is 0 Å². The Morgan fingerprint density at radius 3 is 2.91 bits per heavy atom. The number of ether oxygens (including phenoxy) is 1. The number of hydrogen-bond acceptors (Lipinski definition) is 4. The van der Waals surface area contributed by atoms with Crippen LogP contribution < -0.4 is 4.74 Å². The fourth-order valence-electron chi connectivity index (χ4n) is 3.12. The summed E-state index contributed by atoms with van der Waals surface area (Å²) in [7, 11) is 0. The molecule has 2 unspecified atom stereocenters. The molecular weight excluding hydrogens is 288 g/mol. The lowest BCUT2D eigenvalue weighted by Gasteiger charge is -2.18. The Kier molecular flexibility index (Phi) is 4.94. The van der Waals surface area contributed by atoms with Gasteiger partial charge in [0.25, 0.3) is 0 Å². The molecule has 23 heavy (non-hydrogen) atoms. The van der Waals surface area contributed by atoms with E-state index < -0.39 is 0 Å². The second-order valence-corrected chi connectivity index (χ2v) is 6.42. The van der Waals surface area contributed by atoms with Crippen molar-refractivity contribution in [2.24, 2.45) is 5.92 Å².